The number of morpholine rings is 1. The van der Waals surface area contributed by atoms with Gasteiger partial charge < -0.3 is 10.1 Å². The van der Waals surface area contributed by atoms with Crippen molar-refractivity contribution >= 4 is 5.91 Å². The summed E-state index contributed by atoms with van der Waals surface area (Å²) >= 11 is 0. The van der Waals surface area contributed by atoms with Crippen LogP contribution in [0.25, 0.3) is 0 Å². The zero-order chi connectivity index (χ0) is 14.4. The van der Waals surface area contributed by atoms with Gasteiger partial charge in [0, 0.05) is 32.1 Å². The number of carbonyl (C=O) groups is 1. The number of ether oxygens (including phenoxy) is 1. The van der Waals surface area contributed by atoms with Crippen LogP contribution >= 0.6 is 0 Å². The van der Waals surface area contributed by atoms with Crippen LogP contribution in [0.3, 0.4) is 0 Å². The first-order valence-electron chi connectivity index (χ1n) is 7.33. The Morgan fingerprint density at radius 2 is 2.15 bits per heavy atom. The fourth-order valence-electron chi connectivity index (χ4n) is 2.32. The van der Waals surface area contributed by atoms with Crippen molar-refractivity contribution in [2.24, 2.45) is 5.92 Å². The number of hydrogen-bond acceptors (Lipinski definition) is 3. The van der Waals surface area contributed by atoms with Gasteiger partial charge >= 0.3 is 0 Å². The first kappa shape index (κ1) is 15.0. The second-order valence-corrected chi connectivity index (χ2v) is 5.52. The first-order chi connectivity index (χ1) is 9.66. The lowest BCUT2D eigenvalue weighted by Crippen LogP contribution is -2.43. The van der Waals surface area contributed by atoms with Crippen LogP contribution in [-0.4, -0.2) is 43.6 Å². The molecule has 1 aliphatic rings. The quantitative estimate of drug-likeness (QED) is 0.892. The summed E-state index contributed by atoms with van der Waals surface area (Å²) in [5.74, 6) is 0.176. The van der Waals surface area contributed by atoms with Crippen LogP contribution in [0.15, 0.2) is 30.3 Å². The molecule has 0 aliphatic carbocycles. The summed E-state index contributed by atoms with van der Waals surface area (Å²) in [7, 11) is 0. The third-order valence-corrected chi connectivity index (χ3v) is 3.57. The van der Waals surface area contributed by atoms with Crippen molar-refractivity contribution in [3.05, 3.63) is 35.9 Å². The average Bonchev–Trinajstić information content (AvgIpc) is 2.48. The lowest BCUT2D eigenvalue weighted by Gasteiger charge is -2.33. The smallest absolute Gasteiger partial charge is 0.222 e. The molecular weight excluding hydrogens is 252 g/mol. The summed E-state index contributed by atoms with van der Waals surface area (Å²) in [6, 6.07) is 10.3. The van der Waals surface area contributed by atoms with Crippen molar-refractivity contribution < 1.29 is 9.53 Å². The molecule has 20 heavy (non-hydrogen) atoms. The molecule has 0 aromatic heterocycles. The molecule has 0 saturated carbocycles. The number of nitrogens with one attached hydrogen (secondary N) is 1. The summed E-state index contributed by atoms with van der Waals surface area (Å²) in [6.07, 6.45) is 0.144. The van der Waals surface area contributed by atoms with E-state index in [0.717, 1.165) is 26.2 Å². The highest BCUT2D eigenvalue weighted by Crippen LogP contribution is 2.21. The van der Waals surface area contributed by atoms with E-state index in [2.05, 4.69) is 22.3 Å². The third kappa shape index (κ3) is 4.32. The van der Waals surface area contributed by atoms with Gasteiger partial charge in [-0.05, 0) is 5.56 Å². The van der Waals surface area contributed by atoms with Gasteiger partial charge in [-0.25, -0.2) is 0 Å². The molecule has 1 saturated heterocycles. The Labute approximate surface area is 121 Å². The number of benzene rings is 1. The van der Waals surface area contributed by atoms with E-state index in [-0.39, 0.29) is 17.9 Å². The van der Waals surface area contributed by atoms with E-state index < -0.39 is 0 Å². The molecule has 0 radical (unpaired) electrons. The normalized spacial score (nSPS) is 20.1. The summed E-state index contributed by atoms with van der Waals surface area (Å²) < 4.78 is 5.83. The van der Waals surface area contributed by atoms with Gasteiger partial charge in [-0.1, -0.05) is 44.2 Å². The molecule has 1 heterocycles. The highest BCUT2D eigenvalue weighted by atomic mass is 16.5. The molecule has 1 aromatic rings. The van der Waals surface area contributed by atoms with Crippen molar-refractivity contribution in [1.82, 2.24) is 10.2 Å². The Morgan fingerprint density at radius 3 is 2.85 bits per heavy atom. The van der Waals surface area contributed by atoms with E-state index in [0.29, 0.717) is 6.54 Å². The Balaban J connectivity index is 1.78. The summed E-state index contributed by atoms with van der Waals surface area (Å²) in [5, 5.41) is 2.96. The van der Waals surface area contributed by atoms with Crippen molar-refractivity contribution in [3.63, 3.8) is 0 Å². The minimum Gasteiger partial charge on any atom is -0.371 e. The number of rotatable bonds is 5. The lowest BCUT2D eigenvalue weighted by atomic mass is 10.1. The van der Waals surface area contributed by atoms with E-state index in [9.17, 15) is 4.79 Å². The topological polar surface area (TPSA) is 41.6 Å². The van der Waals surface area contributed by atoms with E-state index in [1.807, 2.05) is 32.0 Å². The predicted octanol–water partition coefficient (Wildman–Crippen LogP) is 1.83. The molecule has 1 N–H and O–H groups in total. The molecule has 4 nitrogen and oxygen atoms in total. The summed E-state index contributed by atoms with van der Waals surface area (Å²) in [5.41, 5.74) is 1.23. The molecule has 1 aliphatic heterocycles. The van der Waals surface area contributed by atoms with Crippen molar-refractivity contribution in [1.29, 1.82) is 0 Å². The van der Waals surface area contributed by atoms with Gasteiger partial charge in [-0.3, -0.25) is 9.69 Å². The van der Waals surface area contributed by atoms with E-state index >= 15 is 0 Å². The summed E-state index contributed by atoms with van der Waals surface area (Å²) in [6.45, 7) is 7.98. The zero-order valence-corrected chi connectivity index (χ0v) is 12.3. The van der Waals surface area contributed by atoms with Gasteiger partial charge in [-0.15, -0.1) is 0 Å². The molecule has 1 unspecified atom stereocenters. The van der Waals surface area contributed by atoms with E-state index in [1.54, 1.807) is 0 Å². The number of nitrogens with zero attached hydrogens (tertiary/aromatic N) is 1. The second kappa shape index (κ2) is 7.41. The van der Waals surface area contributed by atoms with E-state index in [4.69, 9.17) is 4.74 Å². The maximum Gasteiger partial charge on any atom is 0.222 e. The fourth-order valence-corrected chi connectivity index (χ4v) is 2.32. The average molecular weight is 276 g/mol. The number of amides is 1. The van der Waals surface area contributed by atoms with Crippen LogP contribution in [-0.2, 0) is 9.53 Å². The van der Waals surface area contributed by atoms with Crippen LogP contribution in [0.2, 0.25) is 0 Å². The zero-order valence-electron chi connectivity index (χ0n) is 12.3. The van der Waals surface area contributed by atoms with Crippen molar-refractivity contribution in [2.75, 3.05) is 32.8 Å². The maximum atomic E-state index is 11.5. The van der Waals surface area contributed by atoms with Crippen LogP contribution in [0.5, 0.6) is 0 Å². The van der Waals surface area contributed by atoms with Crippen LogP contribution in [0, 0.1) is 5.92 Å². The standard InChI is InChI=1S/C16H24N2O2/c1-13(2)16(19)17-8-9-18-10-11-20-15(12-18)14-6-4-3-5-7-14/h3-7,13,15H,8-12H2,1-2H3,(H,17,19). The largest absolute Gasteiger partial charge is 0.371 e. The monoisotopic (exact) mass is 276 g/mol. The van der Waals surface area contributed by atoms with Crippen LogP contribution in [0.4, 0.5) is 0 Å². The molecule has 0 bridgehead atoms. The molecule has 0 spiro atoms. The second-order valence-electron chi connectivity index (χ2n) is 5.52. The first-order valence-corrected chi connectivity index (χ1v) is 7.33. The summed E-state index contributed by atoms with van der Waals surface area (Å²) in [4.78, 5) is 13.9. The fraction of sp³-hybridized carbons (Fsp3) is 0.562. The molecule has 4 heteroatoms. The Bertz CT molecular complexity index is 420. The SMILES string of the molecule is CC(C)C(=O)NCCN1CCOC(c2ccccc2)C1. The van der Waals surface area contributed by atoms with Crippen LogP contribution in [0.1, 0.15) is 25.5 Å². The van der Waals surface area contributed by atoms with Gasteiger partial charge in [0.1, 0.15) is 0 Å². The molecule has 1 amide bonds. The highest BCUT2D eigenvalue weighted by Gasteiger charge is 2.21. The van der Waals surface area contributed by atoms with Gasteiger partial charge in [0.2, 0.25) is 5.91 Å². The van der Waals surface area contributed by atoms with E-state index in [1.165, 1.54) is 5.56 Å². The Hall–Kier alpha value is -1.39. The number of hydrogen-bond donors (Lipinski definition) is 1. The molecule has 110 valence electrons. The minimum atomic E-state index is 0.0526. The Morgan fingerprint density at radius 1 is 1.40 bits per heavy atom. The van der Waals surface area contributed by atoms with Gasteiger partial charge in [0.15, 0.2) is 0 Å². The molecule has 1 fully saturated rings. The van der Waals surface area contributed by atoms with Crippen molar-refractivity contribution in [3.8, 4) is 0 Å². The van der Waals surface area contributed by atoms with Gasteiger partial charge in [-0.2, -0.15) is 0 Å². The Kier molecular flexibility index (Phi) is 5.56. The lowest BCUT2D eigenvalue weighted by molar-refractivity contribution is -0.124. The maximum absolute atomic E-state index is 11.5. The van der Waals surface area contributed by atoms with Gasteiger partial charge in [0.25, 0.3) is 0 Å². The third-order valence-electron chi connectivity index (χ3n) is 3.57. The molecule has 1 aromatic carbocycles. The minimum absolute atomic E-state index is 0.0526. The number of carbonyl (C=O) groups excluding carboxylic acids is 1. The van der Waals surface area contributed by atoms with Crippen LogP contribution < -0.4 is 5.32 Å². The highest BCUT2D eigenvalue weighted by molar-refractivity contribution is 5.77. The molecule has 2 rings (SSSR count). The van der Waals surface area contributed by atoms with Gasteiger partial charge in [0.05, 0.1) is 12.7 Å². The molecule has 1 atom stereocenters. The van der Waals surface area contributed by atoms with Crippen molar-refractivity contribution in [2.45, 2.75) is 20.0 Å². The molecular formula is C16H24N2O2. The predicted molar refractivity (Wildman–Crippen MR) is 79.4 cm³/mol.